The Kier molecular flexibility index (Phi) is 5.01. The minimum absolute atomic E-state index is 0.239. The van der Waals surface area contributed by atoms with Gasteiger partial charge < -0.3 is 10.1 Å². The van der Waals surface area contributed by atoms with Crippen LogP contribution in [-0.4, -0.2) is 18.8 Å². The molecule has 0 radical (unpaired) electrons. The summed E-state index contributed by atoms with van der Waals surface area (Å²) in [5, 5.41) is 3.46. The van der Waals surface area contributed by atoms with Gasteiger partial charge in [0.1, 0.15) is 5.75 Å². The van der Waals surface area contributed by atoms with Gasteiger partial charge in [0.05, 0.1) is 0 Å². The van der Waals surface area contributed by atoms with Crippen LogP contribution in [0.25, 0.3) is 0 Å². The predicted molar refractivity (Wildman–Crippen MR) is 77.6 cm³/mol. The molecule has 0 saturated heterocycles. The van der Waals surface area contributed by atoms with Crippen molar-refractivity contribution in [2.24, 2.45) is 11.8 Å². The number of hydrogen-bond donors (Lipinski definition) is 1. The van der Waals surface area contributed by atoms with Gasteiger partial charge >= 0.3 is 6.18 Å². The lowest BCUT2D eigenvalue weighted by molar-refractivity contribution is -0.153. The summed E-state index contributed by atoms with van der Waals surface area (Å²) >= 11 is 0. The quantitative estimate of drug-likeness (QED) is 0.857. The van der Waals surface area contributed by atoms with Crippen molar-refractivity contribution in [2.75, 3.05) is 11.9 Å². The zero-order valence-corrected chi connectivity index (χ0v) is 12.4. The molecule has 0 bridgehead atoms. The number of anilines is 1. The van der Waals surface area contributed by atoms with Crippen LogP contribution in [0.3, 0.4) is 0 Å². The van der Waals surface area contributed by atoms with Crippen LogP contribution in [0.5, 0.6) is 5.75 Å². The molecule has 1 aliphatic carbocycles. The molecule has 1 saturated carbocycles. The highest BCUT2D eigenvalue weighted by atomic mass is 19.4. The maximum atomic E-state index is 12.1. The molecule has 1 aromatic carbocycles. The molecular weight excluding hydrogens is 279 g/mol. The molecule has 1 aliphatic rings. The number of nitrogens with one attached hydrogen (secondary N) is 1. The molecule has 118 valence electrons. The summed E-state index contributed by atoms with van der Waals surface area (Å²) in [7, 11) is 0. The second kappa shape index (κ2) is 6.58. The summed E-state index contributed by atoms with van der Waals surface area (Å²) in [6, 6.07) is 7.13. The van der Waals surface area contributed by atoms with Crippen LogP contribution in [0.15, 0.2) is 24.3 Å². The fourth-order valence-corrected chi connectivity index (χ4v) is 3.11. The smallest absolute Gasteiger partial charge is 0.422 e. The van der Waals surface area contributed by atoms with Gasteiger partial charge in [-0.25, -0.2) is 0 Å². The SMILES string of the molecule is CC1CC(C)CC(Nc2ccc(OCC(F)(F)F)cc2)C1. The summed E-state index contributed by atoms with van der Waals surface area (Å²) < 4.78 is 40.9. The van der Waals surface area contributed by atoms with E-state index in [0.29, 0.717) is 17.9 Å². The van der Waals surface area contributed by atoms with Crippen LogP contribution in [-0.2, 0) is 0 Å². The molecule has 2 atom stereocenters. The summed E-state index contributed by atoms with van der Waals surface area (Å²) in [5.74, 6) is 1.66. The predicted octanol–water partition coefficient (Wildman–Crippen LogP) is 4.86. The van der Waals surface area contributed by atoms with E-state index in [1.807, 2.05) is 0 Å². The number of ether oxygens (including phenoxy) is 1. The topological polar surface area (TPSA) is 21.3 Å². The lowest BCUT2D eigenvalue weighted by Gasteiger charge is -2.32. The highest BCUT2D eigenvalue weighted by Gasteiger charge is 2.28. The highest BCUT2D eigenvalue weighted by molar-refractivity contribution is 5.47. The molecule has 0 spiro atoms. The summed E-state index contributed by atoms with van der Waals surface area (Å²) in [5.41, 5.74) is 0.931. The second-order valence-electron chi connectivity index (χ2n) is 6.19. The molecule has 0 aromatic heterocycles. The molecule has 1 N–H and O–H groups in total. The Balaban J connectivity index is 1.87. The highest BCUT2D eigenvalue weighted by Crippen LogP contribution is 2.30. The maximum Gasteiger partial charge on any atom is 0.422 e. The van der Waals surface area contributed by atoms with Gasteiger partial charge in [-0.2, -0.15) is 13.2 Å². The van der Waals surface area contributed by atoms with E-state index in [-0.39, 0.29) is 5.75 Å². The first-order valence-corrected chi connectivity index (χ1v) is 7.38. The van der Waals surface area contributed by atoms with Crippen LogP contribution in [0, 0.1) is 11.8 Å². The van der Waals surface area contributed by atoms with Crippen LogP contribution in [0.2, 0.25) is 0 Å². The number of halogens is 3. The van der Waals surface area contributed by atoms with Crippen molar-refractivity contribution < 1.29 is 17.9 Å². The first-order valence-electron chi connectivity index (χ1n) is 7.38. The van der Waals surface area contributed by atoms with Crippen molar-refractivity contribution in [3.05, 3.63) is 24.3 Å². The average molecular weight is 301 g/mol. The molecule has 1 aromatic rings. The van der Waals surface area contributed by atoms with Crippen LogP contribution in [0.4, 0.5) is 18.9 Å². The molecule has 0 amide bonds. The molecule has 5 heteroatoms. The van der Waals surface area contributed by atoms with Gasteiger partial charge in [0.25, 0.3) is 0 Å². The van der Waals surface area contributed by atoms with Crippen molar-refractivity contribution in [1.82, 2.24) is 0 Å². The Bertz CT molecular complexity index is 434. The van der Waals surface area contributed by atoms with Gasteiger partial charge in [-0.05, 0) is 55.4 Å². The lowest BCUT2D eigenvalue weighted by atomic mass is 9.80. The minimum atomic E-state index is -4.30. The third-order valence-electron chi connectivity index (χ3n) is 3.81. The van der Waals surface area contributed by atoms with Crippen molar-refractivity contribution in [3.63, 3.8) is 0 Å². The van der Waals surface area contributed by atoms with E-state index in [1.165, 1.54) is 6.42 Å². The molecule has 2 nitrogen and oxygen atoms in total. The summed E-state index contributed by atoms with van der Waals surface area (Å²) in [6.07, 6.45) is -0.763. The third kappa shape index (κ3) is 5.48. The molecular formula is C16H22F3NO. The first-order chi connectivity index (χ1) is 9.82. The molecule has 2 unspecified atom stereocenters. The van der Waals surface area contributed by atoms with E-state index in [0.717, 1.165) is 18.5 Å². The molecule has 1 fully saturated rings. The monoisotopic (exact) mass is 301 g/mol. The van der Waals surface area contributed by atoms with Crippen molar-refractivity contribution >= 4 is 5.69 Å². The van der Waals surface area contributed by atoms with Gasteiger partial charge in [0, 0.05) is 11.7 Å². The number of alkyl halides is 3. The van der Waals surface area contributed by atoms with Crippen LogP contribution >= 0.6 is 0 Å². The fraction of sp³-hybridized carbons (Fsp3) is 0.625. The van der Waals surface area contributed by atoms with Gasteiger partial charge in [0.2, 0.25) is 0 Å². The largest absolute Gasteiger partial charge is 0.484 e. The van der Waals surface area contributed by atoms with Crippen molar-refractivity contribution in [1.29, 1.82) is 0 Å². The van der Waals surface area contributed by atoms with Gasteiger partial charge in [0.15, 0.2) is 6.61 Å². The normalized spacial score (nSPS) is 26.4. The summed E-state index contributed by atoms with van der Waals surface area (Å²) in [4.78, 5) is 0. The Labute approximate surface area is 123 Å². The molecule has 0 aliphatic heterocycles. The zero-order valence-electron chi connectivity index (χ0n) is 12.4. The summed E-state index contributed by atoms with van der Waals surface area (Å²) in [6.45, 7) is 3.27. The van der Waals surface area contributed by atoms with Gasteiger partial charge in [-0.3, -0.25) is 0 Å². The van der Waals surface area contributed by atoms with Gasteiger partial charge in [-0.1, -0.05) is 13.8 Å². The Hall–Kier alpha value is -1.39. The van der Waals surface area contributed by atoms with E-state index in [4.69, 9.17) is 4.74 Å². The molecule has 2 rings (SSSR count). The first kappa shape index (κ1) is 16.0. The molecule has 21 heavy (non-hydrogen) atoms. The number of hydrogen-bond acceptors (Lipinski definition) is 2. The van der Waals surface area contributed by atoms with Crippen molar-refractivity contribution in [2.45, 2.75) is 45.3 Å². The zero-order chi connectivity index (χ0) is 15.5. The van der Waals surface area contributed by atoms with E-state index in [1.54, 1.807) is 24.3 Å². The van der Waals surface area contributed by atoms with E-state index < -0.39 is 12.8 Å². The van der Waals surface area contributed by atoms with E-state index in [9.17, 15) is 13.2 Å². The number of rotatable bonds is 4. The van der Waals surface area contributed by atoms with Gasteiger partial charge in [-0.15, -0.1) is 0 Å². The van der Waals surface area contributed by atoms with Crippen molar-refractivity contribution in [3.8, 4) is 5.75 Å². The fourth-order valence-electron chi connectivity index (χ4n) is 3.11. The maximum absolute atomic E-state index is 12.1. The number of benzene rings is 1. The Morgan fingerprint density at radius 2 is 1.62 bits per heavy atom. The standard InChI is InChI=1S/C16H22F3NO/c1-11-7-12(2)9-14(8-11)20-13-3-5-15(6-4-13)21-10-16(17,18)19/h3-6,11-12,14,20H,7-10H2,1-2H3. The van der Waals surface area contributed by atoms with Crippen LogP contribution in [0.1, 0.15) is 33.1 Å². The lowest BCUT2D eigenvalue weighted by Crippen LogP contribution is -2.30. The van der Waals surface area contributed by atoms with Crippen LogP contribution < -0.4 is 10.1 Å². The third-order valence-corrected chi connectivity index (χ3v) is 3.81. The average Bonchev–Trinajstić information content (AvgIpc) is 2.36. The van der Waals surface area contributed by atoms with E-state index >= 15 is 0 Å². The Morgan fingerprint density at radius 1 is 1.05 bits per heavy atom. The Morgan fingerprint density at radius 3 is 2.14 bits per heavy atom. The van der Waals surface area contributed by atoms with E-state index in [2.05, 4.69) is 19.2 Å². The minimum Gasteiger partial charge on any atom is -0.484 e. The second-order valence-corrected chi connectivity index (χ2v) is 6.19. The molecule has 0 heterocycles.